The Balaban J connectivity index is 1.81. The van der Waals surface area contributed by atoms with Gasteiger partial charge in [-0.3, -0.25) is 14.6 Å². The molecule has 196 valence electrons. The molecule has 2 aromatic heterocycles. The average Bonchev–Trinajstić information content (AvgIpc) is 3.41. The standard InChI is InChI=1S/C28H35N5O4/c1-4-21(34)12-6-5-7-14-24(32-26(35)19(2)30-16-10-15-29)28-31-18-25(37-28)22-17-20-11-8-9-13-23(20)33-27(22)36-3/h8-11,13,15-19,24H,4-7,12,14,29H2,1-3H3,(H,32,35)/t19?,24-/m0/s1. The molecule has 0 aliphatic heterocycles. The number of allylic oxidation sites excluding steroid dienone is 1. The lowest BCUT2D eigenvalue weighted by Crippen LogP contribution is -2.35. The van der Waals surface area contributed by atoms with Gasteiger partial charge in [-0.15, -0.1) is 0 Å². The summed E-state index contributed by atoms with van der Waals surface area (Å²) in [6, 6.07) is 8.63. The number of Topliss-reactive ketones (excluding diaryl/α,β-unsaturated/α-hetero) is 1. The molecule has 37 heavy (non-hydrogen) atoms. The SMILES string of the molecule is CCC(=O)CCCCC[C@H](NC(=O)C(C)N=CC=CN)c1ncc(-c2cc3ccccc3nc2OC)o1. The number of carbonyl (C=O) groups is 2. The second-order valence-corrected chi connectivity index (χ2v) is 8.71. The number of carbonyl (C=O) groups excluding carboxylic acids is 2. The number of amides is 1. The van der Waals surface area contributed by atoms with Crippen LogP contribution in [0.3, 0.4) is 0 Å². The minimum atomic E-state index is -0.611. The van der Waals surface area contributed by atoms with Crippen molar-refractivity contribution in [3.05, 3.63) is 54.7 Å². The van der Waals surface area contributed by atoms with Crippen molar-refractivity contribution in [2.75, 3.05) is 7.11 Å². The predicted octanol–water partition coefficient (Wildman–Crippen LogP) is 4.92. The van der Waals surface area contributed by atoms with E-state index in [4.69, 9.17) is 14.9 Å². The maximum Gasteiger partial charge on any atom is 0.245 e. The summed E-state index contributed by atoms with van der Waals surface area (Å²) in [5, 5.41) is 3.96. The average molecular weight is 506 g/mol. The van der Waals surface area contributed by atoms with E-state index in [-0.39, 0.29) is 11.7 Å². The Morgan fingerprint density at radius 3 is 2.81 bits per heavy atom. The first-order valence-corrected chi connectivity index (χ1v) is 12.6. The lowest BCUT2D eigenvalue weighted by molar-refractivity contribution is -0.123. The summed E-state index contributed by atoms with van der Waals surface area (Å²) in [6.07, 6.45) is 10.2. The van der Waals surface area contributed by atoms with E-state index in [1.165, 1.54) is 12.4 Å². The number of benzene rings is 1. The minimum Gasteiger partial charge on any atom is -0.480 e. The van der Waals surface area contributed by atoms with E-state index in [0.29, 0.717) is 42.4 Å². The van der Waals surface area contributed by atoms with E-state index in [0.717, 1.165) is 30.2 Å². The summed E-state index contributed by atoms with van der Waals surface area (Å²) < 4.78 is 11.7. The van der Waals surface area contributed by atoms with Crippen LogP contribution in [0.1, 0.15) is 64.3 Å². The van der Waals surface area contributed by atoms with Gasteiger partial charge in [0, 0.05) is 24.4 Å². The Morgan fingerprint density at radius 1 is 1.24 bits per heavy atom. The van der Waals surface area contributed by atoms with Crippen molar-refractivity contribution >= 4 is 28.8 Å². The summed E-state index contributed by atoms with van der Waals surface area (Å²) >= 11 is 0. The van der Waals surface area contributed by atoms with E-state index in [2.05, 4.69) is 20.3 Å². The molecule has 0 saturated carbocycles. The maximum absolute atomic E-state index is 12.8. The number of rotatable bonds is 14. The van der Waals surface area contributed by atoms with Crippen molar-refractivity contribution in [1.29, 1.82) is 0 Å². The first-order chi connectivity index (χ1) is 18.0. The number of pyridine rings is 1. The number of aromatic nitrogens is 2. The molecule has 9 nitrogen and oxygen atoms in total. The van der Waals surface area contributed by atoms with Crippen LogP contribution in [0, 0.1) is 0 Å². The van der Waals surface area contributed by atoms with E-state index in [9.17, 15) is 9.59 Å². The summed E-state index contributed by atoms with van der Waals surface area (Å²) in [6.45, 7) is 3.58. The fraction of sp³-hybridized carbons (Fsp3) is 0.393. The van der Waals surface area contributed by atoms with Crippen LogP contribution in [0.15, 0.2) is 58.2 Å². The van der Waals surface area contributed by atoms with Crippen molar-refractivity contribution in [2.45, 2.75) is 64.5 Å². The molecule has 0 aliphatic rings. The first-order valence-electron chi connectivity index (χ1n) is 12.6. The van der Waals surface area contributed by atoms with Gasteiger partial charge in [0.1, 0.15) is 17.9 Å². The zero-order valence-corrected chi connectivity index (χ0v) is 21.6. The zero-order chi connectivity index (χ0) is 26.6. The Kier molecular flexibility index (Phi) is 10.4. The van der Waals surface area contributed by atoms with Crippen LogP contribution in [0.25, 0.3) is 22.2 Å². The van der Waals surface area contributed by atoms with E-state index in [1.807, 2.05) is 37.3 Å². The van der Waals surface area contributed by atoms with Gasteiger partial charge in [-0.05, 0) is 44.2 Å². The fourth-order valence-electron chi connectivity index (χ4n) is 3.87. The molecule has 3 rings (SSSR count). The molecule has 1 aromatic carbocycles. The van der Waals surface area contributed by atoms with Crippen LogP contribution >= 0.6 is 0 Å². The summed E-state index contributed by atoms with van der Waals surface area (Å²) in [7, 11) is 1.56. The second kappa shape index (κ2) is 13.9. The number of unbranched alkanes of at least 4 members (excludes halogenated alkanes) is 2. The highest BCUT2D eigenvalue weighted by Crippen LogP contribution is 2.33. The monoisotopic (exact) mass is 505 g/mol. The van der Waals surface area contributed by atoms with Crippen molar-refractivity contribution in [3.63, 3.8) is 0 Å². The van der Waals surface area contributed by atoms with E-state index >= 15 is 0 Å². The molecule has 1 unspecified atom stereocenters. The van der Waals surface area contributed by atoms with Gasteiger partial charge in [0.05, 0.1) is 24.4 Å². The highest BCUT2D eigenvalue weighted by molar-refractivity contribution is 5.85. The third-order valence-corrected chi connectivity index (χ3v) is 6.02. The molecular formula is C28H35N5O4. The molecule has 0 aliphatic carbocycles. The number of hydrogen-bond acceptors (Lipinski definition) is 8. The lowest BCUT2D eigenvalue weighted by atomic mass is 10.0. The summed E-state index contributed by atoms with van der Waals surface area (Å²) in [5.41, 5.74) is 6.82. The van der Waals surface area contributed by atoms with Gasteiger partial charge in [0.25, 0.3) is 0 Å². The highest BCUT2D eigenvalue weighted by Gasteiger charge is 2.24. The number of methoxy groups -OCH3 is 1. The first kappa shape index (κ1) is 27.6. The van der Waals surface area contributed by atoms with Gasteiger partial charge >= 0.3 is 0 Å². The van der Waals surface area contributed by atoms with Crippen LogP contribution < -0.4 is 15.8 Å². The van der Waals surface area contributed by atoms with Crippen LogP contribution in [-0.4, -0.2) is 41.0 Å². The molecular weight excluding hydrogens is 470 g/mol. The second-order valence-electron chi connectivity index (χ2n) is 8.71. The number of ether oxygens (including phenoxy) is 1. The number of nitrogens with one attached hydrogen (secondary N) is 1. The maximum atomic E-state index is 12.8. The molecule has 0 spiro atoms. The Morgan fingerprint density at radius 2 is 2.05 bits per heavy atom. The summed E-state index contributed by atoms with van der Waals surface area (Å²) in [4.78, 5) is 37.7. The van der Waals surface area contributed by atoms with E-state index < -0.39 is 12.1 Å². The van der Waals surface area contributed by atoms with Crippen LogP contribution in [0.2, 0.25) is 0 Å². The van der Waals surface area contributed by atoms with Gasteiger partial charge in [-0.25, -0.2) is 9.97 Å². The molecule has 2 atom stereocenters. The van der Waals surface area contributed by atoms with Crippen molar-refractivity contribution in [3.8, 4) is 17.2 Å². The number of hydrogen-bond donors (Lipinski definition) is 2. The van der Waals surface area contributed by atoms with E-state index in [1.54, 1.807) is 26.3 Å². The highest BCUT2D eigenvalue weighted by atomic mass is 16.5. The normalized spacial score (nSPS) is 13.3. The number of nitrogens with zero attached hydrogens (tertiary/aromatic N) is 3. The molecule has 0 radical (unpaired) electrons. The van der Waals surface area contributed by atoms with Gasteiger partial charge in [0.2, 0.25) is 17.7 Å². The molecule has 0 bridgehead atoms. The third-order valence-electron chi connectivity index (χ3n) is 6.02. The quantitative estimate of drug-likeness (QED) is 0.235. The smallest absolute Gasteiger partial charge is 0.245 e. The Bertz CT molecular complexity index is 1250. The van der Waals surface area contributed by atoms with Crippen LogP contribution in [0.4, 0.5) is 0 Å². The van der Waals surface area contributed by atoms with Gasteiger partial charge in [-0.2, -0.15) is 0 Å². The Hall–Kier alpha value is -4.01. The van der Waals surface area contributed by atoms with Crippen LogP contribution in [0.5, 0.6) is 5.88 Å². The largest absolute Gasteiger partial charge is 0.480 e. The number of nitrogens with two attached hydrogens (primary N) is 1. The number of oxazole rings is 1. The van der Waals surface area contributed by atoms with Gasteiger partial charge in [-0.1, -0.05) is 38.0 Å². The van der Waals surface area contributed by atoms with Gasteiger partial charge < -0.3 is 20.2 Å². The number of para-hydroxylation sites is 1. The molecule has 3 N–H and O–H groups in total. The number of fused-ring (bicyclic) bond motifs is 1. The van der Waals surface area contributed by atoms with Crippen LogP contribution in [-0.2, 0) is 9.59 Å². The molecule has 9 heteroatoms. The number of ketones is 1. The number of aliphatic imine (C=N–C) groups is 1. The predicted molar refractivity (Wildman–Crippen MR) is 144 cm³/mol. The fourth-order valence-corrected chi connectivity index (χ4v) is 3.87. The summed E-state index contributed by atoms with van der Waals surface area (Å²) in [5.74, 6) is 1.33. The molecule has 3 aromatic rings. The topological polar surface area (TPSA) is 133 Å². The zero-order valence-electron chi connectivity index (χ0n) is 21.6. The van der Waals surface area contributed by atoms with Crippen molar-refractivity contribution in [1.82, 2.24) is 15.3 Å². The van der Waals surface area contributed by atoms with Crippen molar-refractivity contribution < 1.29 is 18.7 Å². The molecule has 0 saturated heterocycles. The molecule has 0 fully saturated rings. The van der Waals surface area contributed by atoms with Crippen molar-refractivity contribution in [2.24, 2.45) is 10.7 Å². The third kappa shape index (κ3) is 7.73. The minimum absolute atomic E-state index is 0.252. The Labute approximate surface area is 217 Å². The van der Waals surface area contributed by atoms with Gasteiger partial charge in [0.15, 0.2) is 5.76 Å². The lowest BCUT2D eigenvalue weighted by Gasteiger charge is -2.17. The molecule has 2 heterocycles. The molecule has 1 amide bonds.